The number of nitrogens with zero attached hydrogens (tertiary/aromatic N) is 3. The first-order valence-corrected chi connectivity index (χ1v) is 12.5. The summed E-state index contributed by atoms with van der Waals surface area (Å²) in [7, 11) is -3.71. The average Bonchev–Trinajstić information content (AvgIpc) is 3.01. The average molecular weight is 480 g/mol. The number of rotatable bonds is 4. The molecule has 1 aromatic heterocycles. The molecule has 180 valence electrons. The molecule has 3 aliphatic rings. The summed E-state index contributed by atoms with van der Waals surface area (Å²) in [5, 5.41) is 10.7. The van der Waals surface area contributed by atoms with Crippen molar-refractivity contribution in [1.29, 1.82) is 0 Å². The van der Waals surface area contributed by atoms with E-state index in [4.69, 9.17) is 0 Å². The van der Waals surface area contributed by atoms with Crippen LogP contribution in [0.2, 0.25) is 0 Å². The molecule has 32 heavy (non-hydrogen) atoms. The van der Waals surface area contributed by atoms with Crippen molar-refractivity contribution < 1.29 is 31.1 Å². The third-order valence-corrected chi connectivity index (χ3v) is 10.2. The number of aromatic nitrogens is 1. The van der Waals surface area contributed by atoms with E-state index in [0.29, 0.717) is 31.0 Å². The molecule has 0 radical (unpaired) electrons. The first-order chi connectivity index (χ1) is 14.7. The Hall–Kier alpha value is -1.46. The van der Waals surface area contributed by atoms with Gasteiger partial charge in [-0.25, -0.2) is 17.8 Å². The molecule has 1 aliphatic heterocycles. The number of hydrogen-bond acceptors (Lipinski definition) is 5. The van der Waals surface area contributed by atoms with Gasteiger partial charge in [-0.2, -0.15) is 17.5 Å². The van der Waals surface area contributed by atoms with Crippen molar-refractivity contribution in [3.05, 3.63) is 23.6 Å². The number of aliphatic hydroxyl groups is 1. The predicted octanol–water partition coefficient (Wildman–Crippen LogP) is 3.27. The fourth-order valence-corrected chi connectivity index (χ4v) is 8.43. The van der Waals surface area contributed by atoms with Crippen LogP contribution in [-0.4, -0.2) is 60.3 Å². The summed E-state index contributed by atoms with van der Waals surface area (Å²) >= 11 is 0. The van der Waals surface area contributed by atoms with Crippen molar-refractivity contribution in [2.45, 2.75) is 58.4 Å². The summed E-state index contributed by atoms with van der Waals surface area (Å²) < 4.78 is 80.9. The molecule has 0 amide bonds. The number of halogens is 4. The zero-order valence-corrected chi connectivity index (χ0v) is 19.2. The third kappa shape index (κ3) is 3.60. The second kappa shape index (κ2) is 7.53. The highest BCUT2D eigenvalue weighted by Gasteiger charge is 2.65. The van der Waals surface area contributed by atoms with Gasteiger partial charge in [-0.15, -0.1) is 0 Å². The van der Waals surface area contributed by atoms with E-state index < -0.39 is 45.1 Å². The lowest BCUT2D eigenvalue weighted by atomic mass is 9.70. The van der Waals surface area contributed by atoms with E-state index in [0.717, 1.165) is 6.42 Å². The van der Waals surface area contributed by atoms with Gasteiger partial charge in [0, 0.05) is 37.3 Å². The Morgan fingerprint density at radius 1 is 1.28 bits per heavy atom. The Bertz CT molecular complexity index is 1000. The van der Waals surface area contributed by atoms with E-state index in [2.05, 4.69) is 4.98 Å². The van der Waals surface area contributed by atoms with E-state index in [-0.39, 0.29) is 36.6 Å². The van der Waals surface area contributed by atoms with Gasteiger partial charge in [0.15, 0.2) is 11.6 Å². The summed E-state index contributed by atoms with van der Waals surface area (Å²) in [5.41, 5.74) is -2.13. The molecule has 2 saturated carbocycles. The third-order valence-electron chi connectivity index (χ3n) is 8.23. The Labute approximate surface area is 185 Å². The zero-order chi connectivity index (χ0) is 23.7. The SMILES string of the molecule is C[C@H]1CN(S(=O)(=O)C[C@]23CC[C@H](CC2O)C3(C)C)CCN1c1ncc(C(F)(F)F)cc1F. The molecule has 4 rings (SSSR count). The molecule has 0 spiro atoms. The molecule has 2 heterocycles. The summed E-state index contributed by atoms with van der Waals surface area (Å²) in [6.45, 7) is 6.02. The quantitative estimate of drug-likeness (QED) is 0.671. The van der Waals surface area contributed by atoms with Crippen LogP contribution in [0.15, 0.2) is 12.3 Å². The van der Waals surface area contributed by atoms with E-state index in [1.54, 1.807) is 6.92 Å². The standard InChI is InChI=1S/C21H29F4N3O3S/c1-13-11-27(6-7-28(13)18-16(22)8-15(10-26-18)21(23,24)25)32(30,31)12-20-5-4-14(9-17(20)29)19(20,2)3/h8,10,13-14,17,29H,4-7,9,11-12H2,1-3H3/t13-,14+,17?,20+/m0/s1. The van der Waals surface area contributed by atoms with Crippen LogP contribution in [0.1, 0.15) is 45.6 Å². The van der Waals surface area contributed by atoms with Gasteiger partial charge in [0.2, 0.25) is 10.0 Å². The molecule has 3 fully saturated rings. The van der Waals surface area contributed by atoms with Crippen molar-refractivity contribution in [3.63, 3.8) is 0 Å². The number of alkyl halides is 3. The van der Waals surface area contributed by atoms with Crippen LogP contribution in [0.25, 0.3) is 0 Å². The topological polar surface area (TPSA) is 73.7 Å². The minimum Gasteiger partial charge on any atom is -0.392 e. The minimum atomic E-state index is -4.69. The largest absolute Gasteiger partial charge is 0.417 e. The molecule has 1 N–H and O–H groups in total. The predicted molar refractivity (Wildman–Crippen MR) is 111 cm³/mol. The summed E-state index contributed by atoms with van der Waals surface area (Å²) in [6.07, 6.45) is -2.57. The van der Waals surface area contributed by atoms with Crippen molar-refractivity contribution in [2.75, 3.05) is 30.3 Å². The van der Waals surface area contributed by atoms with E-state index >= 15 is 0 Å². The van der Waals surface area contributed by atoms with Crippen molar-refractivity contribution in [3.8, 4) is 0 Å². The lowest BCUT2D eigenvalue weighted by Crippen LogP contribution is -2.56. The molecule has 1 unspecified atom stereocenters. The maximum absolute atomic E-state index is 14.4. The number of aliphatic hydroxyl groups excluding tert-OH is 1. The van der Waals surface area contributed by atoms with Crippen molar-refractivity contribution in [2.24, 2.45) is 16.7 Å². The van der Waals surface area contributed by atoms with Gasteiger partial charge in [0.25, 0.3) is 0 Å². The second-order valence-electron chi connectivity index (χ2n) is 10.0. The highest BCUT2D eigenvalue weighted by atomic mass is 32.2. The van der Waals surface area contributed by atoms with E-state index in [9.17, 15) is 31.1 Å². The Kier molecular flexibility index (Phi) is 5.57. The Morgan fingerprint density at radius 2 is 1.97 bits per heavy atom. The lowest BCUT2D eigenvalue weighted by Gasteiger charge is -2.44. The van der Waals surface area contributed by atoms with Crippen LogP contribution in [0.4, 0.5) is 23.4 Å². The maximum Gasteiger partial charge on any atom is 0.417 e. The molecule has 6 nitrogen and oxygen atoms in total. The van der Waals surface area contributed by atoms with Gasteiger partial charge in [-0.3, -0.25) is 0 Å². The number of anilines is 1. The van der Waals surface area contributed by atoms with Crippen LogP contribution in [0.3, 0.4) is 0 Å². The Balaban J connectivity index is 1.50. The van der Waals surface area contributed by atoms with Crippen molar-refractivity contribution >= 4 is 15.8 Å². The fourth-order valence-electron chi connectivity index (χ4n) is 6.08. The fraction of sp³-hybridized carbons (Fsp3) is 0.762. The van der Waals surface area contributed by atoms with Gasteiger partial charge in [-0.05, 0) is 43.6 Å². The Morgan fingerprint density at radius 3 is 2.47 bits per heavy atom. The maximum atomic E-state index is 14.4. The monoisotopic (exact) mass is 479 g/mol. The molecule has 2 bridgehead atoms. The van der Waals surface area contributed by atoms with Gasteiger partial charge in [0.05, 0.1) is 17.4 Å². The lowest BCUT2D eigenvalue weighted by molar-refractivity contribution is -0.138. The van der Waals surface area contributed by atoms with Gasteiger partial charge < -0.3 is 10.0 Å². The summed E-state index contributed by atoms with van der Waals surface area (Å²) in [6, 6.07) is -0.0650. The molecule has 1 aromatic rings. The van der Waals surface area contributed by atoms with Crippen LogP contribution >= 0.6 is 0 Å². The molecule has 11 heteroatoms. The normalized spacial score (nSPS) is 33.1. The van der Waals surface area contributed by atoms with Crippen LogP contribution < -0.4 is 4.90 Å². The van der Waals surface area contributed by atoms with Crippen LogP contribution in [0, 0.1) is 22.6 Å². The second-order valence-corrected chi connectivity index (χ2v) is 12.0. The molecular formula is C21H29F4N3O3S. The van der Waals surface area contributed by atoms with E-state index in [1.807, 2.05) is 13.8 Å². The van der Waals surface area contributed by atoms with Crippen LogP contribution in [-0.2, 0) is 16.2 Å². The molecule has 1 saturated heterocycles. The first kappa shape index (κ1) is 23.7. The molecule has 2 aliphatic carbocycles. The molecule has 0 aromatic carbocycles. The molecular weight excluding hydrogens is 450 g/mol. The van der Waals surface area contributed by atoms with Crippen LogP contribution in [0.5, 0.6) is 0 Å². The minimum absolute atomic E-state index is 0.0699. The number of fused-ring (bicyclic) bond motifs is 2. The smallest absolute Gasteiger partial charge is 0.392 e. The zero-order valence-electron chi connectivity index (χ0n) is 18.4. The molecule has 4 atom stereocenters. The highest BCUT2D eigenvalue weighted by Crippen LogP contribution is 2.66. The highest BCUT2D eigenvalue weighted by molar-refractivity contribution is 7.89. The number of piperazine rings is 1. The number of sulfonamides is 1. The van der Waals surface area contributed by atoms with E-state index in [1.165, 1.54) is 9.21 Å². The van der Waals surface area contributed by atoms with Gasteiger partial charge in [-0.1, -0.05) is 13.8 Å². The first-order valence-electron chi connectivity index (χ1n) is 10.8. The van der Waals surface area contributed by atoms with Gasteiger partial charge in [0.1, 0.15) is 0 Å². The number of hydrogen-bond donors (Lipinski definition) is 1. The van der Waals surface area contributed by atoms with Gasteiger partial charge >= 0.3 is 6.18 Å². The summed E-state index contributed by atoms with van der Waals surface area (Å²) in [4.78, 5) is 5.18. The summed E-state index contributed by atoms with van der Waals surface area (Å²) in [5.74, 6) is -1.14. The number of pyridine rings is 1. The van der Waals surface area contributed by atoms with Crippen molar-refractivity contribution in [1.82, 2.24) is 9.29 Å².